The standard InChI is InChI=1S/C19H37NO2/c1-6-7-8-9-10-11-12-13-14-15-18(21)22-17-16-19(2,3)20(4)5/h7-8H,6,9-17H2,1-5H3/b8-7+. The molecule has 0 N–H and O–H groups in total. The summed E-state index contributed by atoms with van der Waals surface area (Å²) in [5.74, 6) is -0.0413. The molecule has 3 nitrogen and oxygen atoms in total. The molecule has 0 atom stereocenters. The molecule has 0 amide bonds. The van der Waals surface area contributed by atoms with Gasteiger partial charge in [0.1, 0.15) is 0 Å². The summed E-state index contributed by atoms with van der Waals surface area (Å²) in [5.41, 5.74) is 0.0759. The fourth-order valence-corrected chi connectivity index (χ4v) is 2.06. The molecule has 0 saturated heterocycles. The fraction of sp³-hybridized carbons (Fsp3) is 0.842. The van der Waals surface area contributed by atoms with Crippen LogP contribution in [0.15, 0.2) is 12.2 Å². The highest BCUT2D eigenvalue weighted by atomic mass is 16.5. The van der Waals surface area contributed by atoms with Crippen molar-refractivity contribution >= 4 is 5.97 Å². The van der Waals surface area contributed by atoms with Crippen LogP contribution >= 0.6 is 0 Å². The summed E-state index contributed by atoms with van der Waals surface area (Å²) in [6.07, 6.45) is 14.1. The largest absolute Gasteiger partial charge is 0.466 e. The molecule has 0 spiro atoms. The van der Waals surface area contributed by atoms with E-state index in [0.717, 1.165) is 25.7 Å². The maximum atomic E-state index is 11.7. The Kier molecular flexibility index (Phi) is 12.2. The van der Waals surface area contributed by atoms with Gasteiger partial charge in [0.2, 0.25) is 0 Å². The van der Waals surface area contributed by atoms with E-state index in [1.165, 1.54) is 25.7 Å². The molecule has 0 aromatic carbocycles. The van der Waals surface area contributed by atoms with E-state index in [1.54, 1.807) is 0 Å². The topological polar surface area (TPSA) is 29.5 Å². The minimum Gasteiger partial charge on any atom is -0.466 e. The van der Waals surface area contributed by atoms with E-state index < -0.39 is 0 Å². The molecule has 0 rings (SSSR count). The second-order valence-corrected chi connectivity index (χ2v) is 6.86. The zero-order valence-corrected chi connectivity index (χ0v) is 15.5. The molecule has 0 aromatic rings. The SMILES string of the molecule is CC/C=C/CCCCCCCC(=O)OCCC(C)(C)N(C)C. The summed E-state index contributed by atoms with van der Waals surface area (Å²) < 4.78 is 5.33. The van der Waals surface area contributed by atoms with E-state index in [9.17, 15) is 4.79 Å². The molecule has 0 aliphatic rings. The number of carbonyl (C=O) groups excluding carboxylic acids is 1. The maximum absolute atomic E-state index is 11.7. The Balaban J connectivity index is 3.45. The molecule has 0 fully saturated rings. The third kappa shape index (κ3) is 11.8. The minimum absolute atomic E-state index is 0.0413. The number of allylic oxidation sites excluding steroid dienone is 2. The summed E-state index contributed by atoms with van der Waals surface area (Å²) in [4.78, 5) is 13.8. The van der Waals surface area contributed by atoms with E-state index in [1.807, 2.05) is 0 Å². The first-order valence-corrected chi connectivity index (χ1v) is 8.88. The van der Waals surface area contributed by atoms with Crippen LogP contribution in [-0.2, 0) is 9.53 Å². The van der Waals surface area contributed by atoms with Gasteiger partial charge in [-0.05, 0) is 60.0 Å². The van der Waals surface area contributed by atoms with Crippen LogP contribution in [0.2, 0.25) is 0 Å². The zero-order chi connectivity index (χ0) is 16.8. The number of esters is 1. The first kappa shape index (κ1) is 21.2. The van der Waals surface area contributed by atoms with Crippen molar-refractivity contribution < 1.29 is 9.53 Å². The van der Waals surface area contributed by atoms with Gasteiger partial charge in [0.05, 0.1) is 6.61 Å². The Bertz CT molecular complexity index is 309. The van der Waals surface area contributed by atoms with Crippen LogP contribution in [-0.4, -0.2) is 37.1 Å². The van der Waals surface area contributed by atoms with Crippen molar-refractivity contribution in [2.75, 3.05) is 20.7 Å². The first-order valence-electron chi connectivity index (χ1n) is 8.88. The van der Waals surface area contributed by atoms with Crippen molar-refractivity contribution in [3.8, 4) is 0 Å². The van der Waals surface area contributed by atoms with Crippen molar-refractivity contribution in [1.82, 2.24) is 4.90 Å². The van der Waals surface area contributed by atoms with Crippen LogP contribution in [0.4, 0.5) is 0 Å². The molecule has 130 valence electrons. The van der Waals surface area contributed by atoms with Gasteiger partial charge in [0.15, 0.2) is 0 Å². The number of ether oxygens (including phenoxy) is 1. The number of hydrogen-bond acceptors (Lipinski definition) is 3. The highest BCUT2D eigenvalue weighted by Crippen LogP contribution is 2.15. The van der Waals surface area contributed by atoms with E-state index in [-0.39, 0.29) is 11.5 Å². The summed E-state index contributed by atoms with van der Waals surface area (Å²) in [6.45, 7) is 7.01. The van der Waals surface area contributed by atoms with E-state index in [2.05, 4.69) is 51.9 Å². The van der Waals surface area contributed by atoms with Gasteiger partial charge in [-0.25, -0.2) is 0 Å². The fourth-order valence-electron chi connectivity index (χ4n) is 2.06. The number of nitrogens with zero attached hydrogens (tertiary/aromatic N) is 1. The maximum Gasteiger partial charge on any atom is 0.305 e. The molecule has 0 aliphatic heterocycles. The van der Waals surface area contributed by atoms with Crippen LogP contribution in [0.3, 0.4) is 0 Å². The lowest BCUT2D eigenvalue weighted by Crippen LogP contribution is -2.39. The zero-order valence-electron chi connectivity index (χ0n) is 15.5. The number of carbonyl (C=O) groups is 1. The van der Waals surface area contributed by atoms with Gasteiger partial charge in [-0.15, -0.1) is 0 Å². The summed E-state index contributed by atoms with van der Waals surface area (Å²) in [6, 6.07) is 0. The van der Waals surface area contributed by atoms with Gasteiger partial charge in [0, 0.05) is 12.0 Å². The van der Waals surface area contributed by atoms with Gasteiger partial charge >= 0.3 is 5.97 Å². The van der Waals surface area contributed by atoms with Gasteiger partial charge in [-0.1, -0.05) is 38.3 Å². The van der Waals surface area contributed by atoms with Crippen molar-refractivity contribution in [2.45, 2.75) is 84.1 Å². The molecule has 0 aliphatic carbocycles. The average molecular weight is 312 g/mol. The lowest BCUT2D eigenvalue weighted by molar-refractivity contribution is -0.144. The molecule has 0 heterocycles. The molecule has 0 bridgehead atoms. The van der Waals surface area contributed by atoms with E-state index >= 15 is 0 Å². The summed E-state index contributed by atoms with van der Waals surface area (Å²) >= 11 is 0. The van der Waals surface area contributed by atoms with Crippen molar-refractivity contribution in [3.63, 3.8) is 0 Å². The second-order valence-electron chi connectivity index (χ2n) is 6.86. The summed E-state index contributed by atoms with van der Waals surface area (Å²) in [7, 11) is 4.11. The monoisotopic (exact) mass is 311 g/mol. The van der Waals surface area contributed by atoms with Crippen LogP contribution in [0.25, 0.3) is 0 Å². The summed E-state index contributed by atoms with van der Waals surface area (Å²) in [5, 5.41) is 0. The number of rotatable bonds is 13. The molecule has 3 heteroatoms. The van der Waals surface area contributed by atoms with E-state index in [4.69, 9.17) is 4.74 Å². The predicted octanol–water partition coefficient (Wildman–Crippen LogP) is 4.96. The Morgan fingerprint density at radius 3 is 2.32 bits per heavy atom. The molecule has 0 saturated carbocycles. The molecule has 0 aromatic heterocycles. The Morgan fingerprint density at radius 1 is 1.05 bits per heavy atom. The molecule has 0 radical (unpaired) electrons. The van der Waals surface area contributed by atoms with Gasteiger partial charge in [-0.2, -0.15) is 0 Å². The van der Waals surface area contributed by atoms with Gasteiger partial charge < -0.3 is 9.64 Å². The lowest BCUT2D eigenvalue weighted by Gasteiger charge is -2.32. The normalized spacial score (nSPS) is 12.3. The minimum atomic E-state index is -0.0413. The van der Waals surface area contributed by atoms with Gasteiger partial charge in [-0.3, -0.25) is 4.79 Å². The smallest absolute Gasteiger partial charge is 0.305 e. The number of hydrogen-bond donors (Lipinski definition) is 0. The van der Waals surface area contributed by atoms with Gasteiger partial charge in [0.25, 0.3) is 0 Å². The average Bonchev–Trinajstić information content (AvgIpc) is 2.45. The highest BCUT2D eigenvalue weighted by molar-refractivity contribution is 5.69. The molecular weight excluding hydrogens is 274 g/mol. The first-order chi connectivity index (χ1) is 10.4. The third-order valence-electron chi connectivity index (χ3n) is 4.34. The highest BCUT2D eigenvalue weighted by Gasteiger charge is 2.20. The second kappa shape index (κ2) is 12.7. The Morgan fingerprint density at radius 2 is 1.68 bits per heavy atom. The molecule has 22 heavy (non-hydrogen) atoms. The molecular formula is C19H37NO2. The Hall–Kier alpha value is -0.830. The van der Waals surface area contributed by atoms with Crippen LogP contribution in [0.5, 0.6) is 0 Å². The van der Waals surface area contributed by atoms with Crippen molar-refractivity contribution in [2.24, 2.45) is 0 Å². The number of unbranched alkanes of at least 4 members (excludes halogenated alkanes) is 5. The van der Waals surface area contributed by atoms with Crippen LogP contribution < -0.4 is 0 Å². The van der Waals surface area contributed by atoms with E-state index in [0.29, 0.717) is 13.0 Å². The predicted molar refractivity (Wildman–Crippen MR) is 95.1 cm³/mol. The third-order valence-corrected chi connectivity index (χ3v) is 4.34. The lowest BCUT2D eigenvalue weighted by atomic mass is 10.0. The van der Waals surface area contributed by atoms with Crippen molar-refractivity contribution in [3.05, 3.63) is 12.2 Å². The van der Waals surface area contributed by atoms with Crippen LogP contribution in [0, 0.1) is 0 Å². The Labute approximate surface area is 138 Å². The van der Waals surface area contributed by atoms with Crippen molar-refractivity contribution in [1.29, 1.82) is 0 Å². The quantitative estimate of drug-likeness (QED) is 0.273. The molecule has 0 unspecified atom stereocenters. The van der Waals surface area contributed by atoms with Crippen LogP contribution in [0.1, 0.15) is 78.6 Å².